The first-order valence-electron chi connectivity index (χ1n) is 8.91. The second-order valence-electron chi connectivity index (χ2n) is 6.64. The summed E-state index contributed by atoms with van der Waals surface area (Å²) in [7, 11) is 1.31. The highest BCUT2D eigenvalue weighted by Crippen LogP contribution is 2.30. The molecule has 2 amide bonds. The molecular weight excluding hydrogens is 369 g/mol. The number of halogens is 1. The van der Waals surface area contributed by atoms with E-state index in [4.69, 9.17) is 9.47 Å². The van der Waals surface area contributed by atoms with Gasteiger partial charge in [0.05, 0.1) is 25.9 Å². The highest BCUT2D eigenvalue weighted by Gasteiger charge is 2.33. The van der Waals surface area contributed by atoms with Crippen LogP contribution in [0.4, 0.5) is 14.9 Å². The molecule has 0 aliphatic carbocycles. The van der Waals surface area contributed by atoms with Crippen molar-refractivity contribution in [3.63, 3.8) is 0 Å². The van der Waals surface area contributed by atoms with E-state index >= 15 is 0 Å². The van der Waals surface area contributed by atoms with Crippen molar-refractivity contribution in [3.05, 3.63) is 35.7 Å². The van der Waals surface area contributed by atoms with Crippen molar-refractivity contribution < 1.29 is 28.2 Å². The molecule has 0 aromatic heterocycles. The Morgan fingerprint density at radius 1 is 1.43 bits per heavy atom. The Morgan fingerprint density at radius 3 is 2.89 bits per heavy atom. The number of nitrogens with one attached hydrogen (secondary N) is 2. The van der Waals surface area contributed by atoms with Gasteiger partial charge >= 0.3 is 12.1 Å². The Kier molecular flexibility index (Phi) is 5.93. The fourth-order valence-corrected chi connectivity index (χ4v) is 3.26. The van der Waals surface area contributed by atoms with Crippen LogP contribution in [0.2, 0.25) is 0 Å². The standard InChI is InChI=1S/C19H22FN3O5/c1-11(24)22-9-14-10-23(19(26)28-14)13-3-4-15(16(20)8-13)12-5-6-21-17(7-12)18(25)27-2/h3-5,8,14,17,21H,6-7,9-10H2,1-2H3,(H,22,24)/t14-,17?/m0/s1. The van der Waals surface area contributed by atoms with Crippen LogP contribution in [-0.4, -0.2) is 56.9 Å². The van der Waals surface area contributed by atoms with Gasteiger partial charge in [0.2, 0.25) is 5.91 Å². The highest BCUT2D eigenvalue weighted by atomic mass is 19.1. The van der Waals surface area contributed by atoms with Crippen LogP contribution in [0.5, 0.6) is 0 Å². The normalized spacial score (nSPS) is 21.8. The molecule has 9 heteroatoms. The SMILES string of the molecule is COC(=O)C1CC(c2ccc(N3C[C@H](CNC(C)=O)OC3=O)cc2F)=CCN1. The van der Waals surface area contributed by atoms with Gasteiger partial charge in [-0.3, -0.25) is 14.5 Å². The number of benzene rings is 1. The average molecular weight is 391 g/mol. The van der Waals surface area contributed by atoms with Crippen LogP contribution < -0.4 is 15.5 Å². The van der Waals surface area contributed by atoms with E-state index in [1.54, 1.807) is 12.1 Å². The minimum absolute atomic E-state index is 0.201. The van der Waals surface area contributed by atoms with Crippen molar-refractivity contribution in [3.8, 4) is 0 Å². The molecule has 3 rings (SSSR count). The summed E-state index contributed by atoms with van der Waals surface area (Å²) in [4.78, 5) is 36.1. The van der Waals surface area contributed by atoms with E-state index in [0.717, 1.165) is 0 Å². The smallest absolute Gasteiger partial charge is 0.414 e. The first-order valence-corrected chi connectivity index (χ1v) is 8.91. The molecule has 8 nitrogen and oxygen atoms in total. The fourth-order valence-electron chi connectivity index (χ4n) is 3.26. The molecule has 2 aliphatic rings. The number of methoxy groups -OCH3 is 1. The van der Waals surface area contributed by atoms with E-state index in [1.165, 1.54) is 25.0 Å². The maximum Gasteiger partial charge on any atom is 0.414 e. The number of amides is 2. The third-order valence-electron chi connectivity index (χ3n) is 4.69. The third-order valence-corrected chi connectivity index (χ3v) is 4.69. The van der Waals surface area contributed by atoms with Crippen LogP contribution in [0.3, 0.4) is 0 Å². The third kappa shape index (κ3) is 4.30. The van der Waals surface area contributed by atoms with Gasteiger partial charge < -0.3 is 20.1 Å². The van der Waals surface area contributed by atoms with Crippen molar-refractivity contribution in [2.24, 2.45) is 0 Å². The van der Waals surface area contributed by atoms with Gasteiger partial charge in [-0.25, -0.2) is 9.18 Å². The molecule has 1 saturated heterocycles. The van der Waals surface area contributed by atoms with Crippen molar-refractivity contribution >= 4 is 29.2 Å². The minimum atomic E-state index is -0.589. The lowest BCUT2D eigenvalue weighted by atomic mass is 9.94. The molecule has 0 saturated carbocycles. The van der Waals surface area contributed by atoms with Gasteiger partial charge in [-0.05, 0) is 30.2 Å². The Balaban J connectivity index is 1.72. The number of rotatable bonds is 5. The number of cyclic esters (lactones) is 1. The van der Waals surface area contributed by atoms with Crippen LogP contribution in [0, 0.1) is 5.82 Å². The largest absolute Gasteiger partial charge is 0.468 e. The molecule has 2 N–H and O–H groups in total. The van der Waals surface area contributed by atoms with Crippen LogP contribution in [0.25, 0.3) is 5.57 Å². The van der Waals surface area contributed by atoms with E-state index in [2.05, 4.69) is 10.6 Å². The predicted molar refractivity (Wildman–Crippen MR) is 99.1 cm³/mol. The summed E-state index contributed by atoms with van der Waals surface area (Å²) >= 11 is 0. The lowest BCUT2D eigenvalue weighted by molar-refractivity contribution is -0.143. The molecule has 0 bridgehead atoms. The minimum Gasteiger partial charge on any atom is -0.468 e. The summed E-state index contributed by atoms with van der Waals surface area (Å²) in [5, 5.41) is 5.60. The van der Waals surface area contributed by atoms with E-state index in [1.807, 2.05) is 6.08 Å². The van der Waals surface area contributed by atoms with E-state index in [9.17, 15) is 18.8 Å². The fraction of sp³-hybridized carbons (Fsp3) is 0.421. The molecular formula is C19H22FN3O5. The monoisotopic (exact) mass is 391 g/mol. The molecule has 1 aromatic carbocycles. The Labute approximate surface area is 161 Å². The first kappa shape index (κ1) is 19.8. The molecule has 2 heterocycles. The molecule has 1 unspecified atom stereocenters. The van der Waals surface area contributed by atoms with Gasteiger partial charge in [-0.1, -0.05) is 6.08 Å². The number of anilines is 1. The van der Waals surface area contributed by atoms with Gasteiger partial charge in [0, 0.05) is 19.0 Å². The predicted octanol–water partition coefficient (Wildman–Crippen LogP) is 1.21. The zero-order valence-electron chi connectivity index (χ0n) is 15.7. The van der Waals surface area contributed by atoms with Gasteiger partial charge in [-0.2, -0.15) is 0 Å². The number of hydrogen-bond acceptors (Lipinski definition) is 6. The van der Waals surface area contributed by atoms with Crippen molar-refractivity contribution in [2.75, 3.05) is 31.6 Å². The summed E-state index contributed by atoms with van der Waals surface area (Å²) in [6.45, 7) is 2.23. The van der Waals surface area contributed by atoms with Crippen LogP contribution >= 0.6 is 0 Å². The number of ether oxygens (including phenoxy) is 2. The van der Waals surface area contributed by atoms with Crippen LogP contribution in [0.1, 0.15) is 18.9 Å². The van der Waals surface area contributed by atoms with Gasteiger partial charge in [0.1, 0.15) is 18.0 Å². The summed E-state index contributed by atoms with van der Waals surface area (Å²) in [6, 6.07) is 3.97. The maximum atomic E-state index is 14.8. The van der Waals surface area contributed by atoms with Crippen molar-refractivity contribution in [1.82, 2.24) is 10.6 Å². The van der Waals surface area contributed by atoms with Gasteiger partial charge in [0.25, 0.3) is 0 Å². The highest BCUT2D eigenvalue weighted by molar-refractivity contribution is 5.90. The molecule has 2 aliphatic heterocycles. The Morgan fingerprint density at radius 2 is 2.21 bits per heavy atom. The van der Waals surface area contributed by atoms with Gasteiger partial charge in [0.15, 0.2) is 0 Å². The summed E-state index contributed by atoms with van der Waals surface area (Å²) in [5.74, 6) is -1.11. The van der Waals surface area contributed by atoms with E-state index in [-0.39, 0.29) is 19.0 Å². The Bertz CT molecular complexity index is 826. The van der Waals surface area contributed by atoms with E-state index < -0.39 is 30.0 Å². The number of carbonyl (C=O) groups is 3. The lowest BCUT2D eigenvalue weighted by Gasteiger charge is -2.23. The summed E-state index contributed by atoms with van der Waals surface area (Å²) < 4.78 is 24.7. The average Bonchev–Trinajstić information content (AvgIpc) is 3.06. The second kappa shape index (κ2) is 8.39. The molecule has 1 fully saturated rings. The number of esters is 1. The molecule has 2 atom stereocenters. The van der Waals surface area contributed by atoms with Crippen LogP contribution in [-0.2, 0) is 19.1 Å². The first-order chi connectivity index (χ1) is 13.4. The molecule has 28 heavy (non-hydrogen) atoms. The van der Waals surface area contributed by atoms with Crippen LogP contribution in [0.15, 0.2) is 24.3 Å². The second-order valence-corrected chi connectivity index (χ2v) is 6.64. The zero-order valence-corrected chi connectivity index (χ0v) is 15.7. The van der Waals surface area contributed by atoms with Gasteiger partial charge in [-0.15, -0.1) is 0 Å². The number of carbonyl (C=O) groups excluding carboxylic acids is 3. The topological polar surface area (TPSA) is 97.0 Å². The lowest BCUT2D eigenvalue weighted by Crippen LogP contribution is -2.40. The number of hydrogen-bond donors (Lipinski definition) is 2. The molecule has 0 spiro atoms. The van der Waals surface area contributed by atoms with Crippen molar-refractivity contribution in [1.29, 1.82) is 0 Å². The molecule has 150 valence electrons. The Hall–Kier alpha value is -2.94. The quantitative estimate of drug-likeness (QED) is 0.733. The molecule has 1 aromatic rings. The zero-order chi connectivity index (χ0) is 20.3. The van der Waals surface area contributed by atoms with Crippen molar-refractivity contribution in [2.45, 2.75) is 25.5 Å². The maximum absolute atomic E-state index is 14.8. The molecule has 0 radical (unpaired) electrons. The van der Waals surface area contributed by atoms with E-state index in [0.29, 0.717) is 29.8 Å². The number of nitrogens with zero attached hydrogens (tertiary/aromatic N) is 1. The summed E-state index contributed by atoms with van der Waals surface area (Å²) in [6.07, 6.45) is 1.06. The summed E-state index contributed by atoms with van der Waals surface area (Å²) in [5.41, 5.74) is 1.45.